The average Bonchev–Trinajstić information content (AvgIpc) is 2.56. The van der Waals surface area contributed by atoms with Crippen LogP contribution in [0.15, 0.2) is 54.6 Å². The largest absolute Gasteiger partial charge is 0.314 e. The molecule has 1 N–H and O–H groups in total. The van der Waals surface area contributed by atoms with Gasteiger partial charge >= 0.3 is 0 Å². The highest BCUT2D eigenvalue weighted by Crippen LogP contribution is 2.39. The minimum absolute atomic E-state index is 0. The third-order valence-corrected chi connectivity index (χ3v) is 4.65. The van der Waals surface area contributed by atoms with E-state index in [9.17, 15) is 0 Å². The molecule has 2 aromatic rings. The van der Waals surface area contributed by atoms with Crippen molar-refractivity contribution < 1.29 is 0 Å². The van der Waals surface area contributed by atoms with Gasteiger partial charge in [0.15, 0.2) is 0 Å². The van der Waals surface area contributed by atoms with E-state index in [4.69, 9.17) is 0 Å². The Balaban J connectivity index is 0.00000156. The minimum atomic E-state index is 0. The topological polar surface area (TPSA) is 15.3 Å². The first-order valence-corrected chi connectivity index (χ1v) is 8.66. The van der Waals surface area contributed by atoms with E-state index in [1.54, 1.807) is 0 Å². The Morgan fingerprint density at radius 2 is 1.44 bits per heavy atom. The van der Waals surface area contributed by atoms with E-state index in [2.05, 4.69) is 85.6 Å². The number of hydrogen-bond acceptors (Lipinski definition) is 2. The summed E-state index contributed by atoms with van der Waals surface area (Å²) in [5.74, 6) is 0. The molecule has 0 amide bonds. The molecule has 0 aromatic heterocycles. The molecule has 0 unspecified atom stereocenters. The standard InChI is InChI=1S/C21H28N2.2ClH/c1-21(2,3)20(23-14-12-22-13-15-23)19-11-7-10-18(16-19)17-8-5-4-6-9-17;;/h4-11,16,20,22H,12-15H2,1-3H3;2*1H/t20-;;/m1../s1. The predicted molar refractivity (Wildman–Crippen MR) is 113 cm³/mol. The van der Waals surface area contributed by atoms with Gasteiger partial charge in [-0.3, -0.25) is 4.90 Å². The SMILES string of the molecule is CC(C)(C)[C@@H](c1cccc(-c2ccccc2)c1)N1CCNCC1.Cl.Cl. The molecule has 0 radical (unpaired) electrons. The smallest absolute Gasteiger partial charge is 0.0397 e. The first-order valence-electron chi connectivity index (χ1n) is 8.66. The summed E-state index contributed by atoms with van der Waals surface area (Å²) in [5, 5.41) is 3.47. The molecular weight excluding hydrogens is 351 g/mol. The molecule has 25 heavy (non-hydrogen) atoms. The van der Waals surface area contributed by atoms with Crippen molar-refractivity contribution in [2.75, 3.05) is 26.2 Å². The number of rotatable bonds is 3. The first kappa shape index (κ1) is 22.0. The summed E-state index contributed by atoms with van der Waals surface area (Å²) in [6, 6.07) is 20.2. The first-order chi connectivity index (χ1) is 11.1. The number of piperazine rings is 1. The van der Waals surface area contributed by atoms with Crippen LogP contribution in [0.25, 0.3) is 11.1 Å². The van der Waals surface area contributed by atoms with E-state index >= 15 is 0 Å². The second-order valence-electron chi connectivity index (χ2n) is 7.55. The van der Waals surface area contributed by atoms with E-state index in [0.717, 1.165) is 26.2 Å². The second-order valence-corrected chi connectivity index (χ2v) is 7.55. The third kappa shape index (κ3) is 5.46. The summed E-state index contributed by atoms with van der Waals surface area (Å²) in [6.45, 7) is 11.5. The van der Waals surface area contributed by atoms with E-state index in [1.165, 1.54) is 16.7 Å². The molecule has 1 aliphatic heterocycles. The summed E-state index contributed by atoms with van der Waals surface area (Å²) in [5.41, 5.74) is 4.25. The van der Waals surface area contributed by atoms with E-state index in [1.807, 2.05) is 0 Å². The van der Waals surface area contributed by atoms with E-state index in [-0.39, 0.29) is 30.2 Å². The monoisotopic (exact) mass is 380 g/mol. The highest BCUT2D eigenvalue weighted by Gasteiger charge is 2.32. The lowest BCUT2D eigenvalue weighted by atomic mass is 9.80. The van der Waals surface area contributed by atoms with Crippen molar-refractivity contribution in [1.82, 2.24) is 10.2 Å². The van der Waals surface area contributed by atoms with Crippen LogP contribution in [0.3, 0.4) is 0 Å². The predicted octanol–water partition coefficient (Wildman–Crippen LogP) is 5.19. The Kier molecular flexibility index (Phi) is 8.43. The Morgan fingerprint density at radius 1 is 0.840 bits per heavy atom. The molecule has 1 saturated heterocycles. The van der Waals surface area contributed by atoms with Crippen LogP contribution in [0.5, 0.6) is 0 Å². The third-order valence-electron chi connectivity index (χ3n) is 4.65. The van der Waals surface area contributed by atoms with Crippen molar-refractivity contribution in [3.8, 4) is 11.1 Å². The lowest BCUT2D eigenvalue weighted by Crippen LogP contribution is -2.48. The summed E-state index contributed by atoms with van der Waals surface area (Å²) in [4.78, 5) is 2.64. The number of benzene rings is 2. The van der Waals surface area contributed by atoms with Crippen LogP contribution in [0.1, 0.15) is 32.4 Å². The van der Waals surface area contributed by atoms with Gasteiger partial charge in [-0.05, 0) is 28.2 Å². The highest BCUT2D eigenvalue weighted by atomic mass is 35.5. The molecule has 1 aliphatic rings. The summed E-state index contributed by atoms with van der Waals surface area (Å²) < 4.78 is 0. The van der Waals surface area contributed by atoms with Gasteiger partial charge in [0, 0.05) is 32.2 Å². The normalized spacial score (nSPS) is 16.4. The fraction of sp³-hybridized carbons (Fsp3) is 0.429. The fourth-order valence-corrected chi connectivity index (χ4v) is 3.72. The van der Waals surface area contributed by atoms with E-state index < -0.39 is 0 Å². The minimum Gasteiger partial charge on any atom is -0.314 e. The zero-order chi connectivity index (χ0) is 16.3. The van der Waals surface area contributed by atoms with E-state index in [0.29, 0.717) is 6.04 Å². The molecule has 1 fully saturated rings. The van der Waals surface area contributed by atoms with Gasteiger partial charge in [-0.2, -0.15) is 0 Å². The molecule has 1 heterocycles. The maximum absolute atomic E-state index is 3.47. The zero-order valence-electron chi connectivity index (χ0n) is 15.4. The van der Waals surface area contributed by atoms with Gasteiger partial charge in [0.05, 0.1) is 0 Å². The van der Waals surface area contributed by atoms with Crippen LogP contribution < -0.4 is 5.32 Å². The number of halogens is 2. The van der Waals surface area contributed by atoms with Crippen molar-refractivity contribution in [3.63, 3.8) is 0 Å². The number of nitrogens with one attached hydrogen (secondary N) is 1. The van der Waals surface area contributed by atoms with Gasteiger partial charge in [-0.1, -0.05) is 69.3 Å². The lowest BCUT2D eigenvalue weighted by molar-refractivity contribution is 0.0863. The van der Waals surface area contributed by atoms with Crippen molar-refractivity contribution in [2.45, 2.75) is 26.8 Å². The molecule has 1 atom stereocenters. The Hall–Kier alpha value is -1.06. The summed E-state index contributed by atoms with van der Waals surface area (Å²) in [7, 11) is 0. The number of nitrogens with zero attached hydrogens (tertiary/aromatic N) is 1. The molecule has 0 aliphatic carbocycles. The molecule has 4 heteroatoms. The van der Waals surface area contributed by atoms with Gasteiger partial charge in [-0.15, -0.1) is 24.8 Å². The quantitative estimate of drug-likeness (QED) is 0.787. The Bertz CT molecular complexity index is 632. The maximum atomic E-state index is 3.47. The highest BCUT2D eigenvalue weighted by molar-refractivity contribution is 5.85. The molecular formula is C21H30Cl2N2. The van der Waals surface area contributed by atoms with Crippen LogP contribution in [0.4, 0.5) is 0 Å². The Morgan fingerprint density at radius 3 is 2.04 bits per heavy atom. The summed E-state index contributed by atoms with van der Waals surface area (Å²) >= 11 is 0. The van der Waals surface area contributed by atoms with Crippen LogP contribution in [-0.2, 0) is 0 Å². The van der Waals surface area contributed by atoms with Gasteiger partial charge in [-0.25, -0.2) is 0 Å². The van der Waals surface area contributed by atoms with Gasteiger partial charge in [0.25, 0.3) is 0 Å². The lowest BCUT2D eigenvalue weighted by Gasteiger charge is -2.42. The van der Waals surface area contributed by atoms with Crippen LogP contribution in [-0.4, -0.2) is 31.1 Å². The molecule has 2 nitrogen and oxygen atoms in total. The fourth-order valence-electron chi connectivity index (χ4n) is 3.72. The van der Waals surface area contributed by atoms with Crippen molar-refractivity contribution in [1.29, 1.82) is 0 Å². The summed E-state index contributed by atoms with van der Waals surface area (Å²) in [6.07, 6.45) is 0. The van der Waals surface area contributed by atoms with Gasteiger partial charge in [0.1, 0.15) is 0 Å². The van der Waals surface area contributed by atoms with Crippen molar-refractivity contribution >= 4 is 24.8 Å². The van der Waals surface area contributed by atoms with Crippen molar-refractivity contribution in [3.05, 3.63) is 60.2 Å². The van der Waals surface area contributed by atoms with Crippen LogP contribution in [0.2, 0.25) is 0 Å². The van der Waals surface area contributed by atoms with Gasteiger partial charge < -0.3 is 5.32 Å². The van der Waals surface area contributed by atoms with Crippen LogP contribution in [0, 0.1) is 5.41 Å². The maximum Gasteiger partial charge on any atom is 0.0397 e. The second kappa shape index (κ2) is 9.59. The van der Waals surface area contributed by atoms with Gasteiger partial charge in [0.2, 0.25) is 0 Å². The molecule has 138 valence electrons. The molecule has 0 saturated carbocycles. The average molecular weight is 381 g/mol. The van der Waals surface area contributed by atoms with Crippen LogP contribution >= 0.6 is 24.8 Å². The molecule has 0 spiro atoms. The Labute approximate surface area is 164 Å². The number of hydrogen-bond donors (Lipinski definition) is 1. The molecule has 0 bridgehead atoms. The van der Waals surface area contributed by atoms with Crippen molar-refractivity contribution in [2.24, 2.45) is 5.41 Å². The molecule has 3 rings (SSSR count). The molecule has 2 aromatic carbocycles. The zero-order valence-corrected chi connectivity index (χ0v) is 17.0.